The van der Waals surface area contributed by atoms with Crippen LogP contribution in [0.1, 0.15) is 23.0 Å². The van der Waals surface area contributed by atoms with Gasteiger partial charge in [0.25, 0.3) is 5.56 Å². The number of hydrogen-bond acceptors (Lipinski definition) is 9. The van der Waals surface area contributed by atoms with Crippen LogP contribution in [-0.4, -0.2) is 53.5 Å². The zero-order valence-corrected chi connectivity index (χ0v) is 21.4. The van der Waals surface area contributed by atoms with E-state index < -0.39 is 17.2 Å². The maximum Gasteiger partial charge on any atom is 0.282 e. The Labute approximate surface area is 227 Å². The highest BCUT2D eigenvalue weighted by Gasteiger charge is 2.17. The number of aromatic nitrogens is 6. The molecule has 11 nitrogen and oxygen atoms in total. The number of H-pyrrole nitrogens is 1. The van der Waals surface area contributed by atoms with Gasteiger partial charge in [0, 0.05) is 30.2 Å². The molecule has 4 aromatic heterocycles. The highest BCUT2D eigenvalue weighted by atomic mass is 35.5. The molecule has 5 rings (SSSR count). The Morgan fingerprint density at radius 1 is 1.13 bits per heavy atom. The molecule has 3 N–H and O–H groups in total. The second-order valence-corrected chi connectivity index (χ2v) is 8.46. The number of nitrogens with one attached hydrogen (secondary N) is 2. The zero-order chi connectivity index (χ0) is 26.6. The number of Topliss-reactive ketones (excluding diaryl/α,β-unsaturated/α-hetero) is 1. The summed E-state index contributed by atoms with van der Waals surface area (Å²) in [7, 11) is 0. The van der Waals surface area contributed by atoms with E-state index in [4.69, 9.17) is 4.74 Å². The first-order valence-electron chi connectivity index (χ1n) is 11.6. The van der Waals surface area contributed by atoms with Crippen LogP contribution < -0.4 is 15.6 Å². The molecule has 1 aromatic carbocycles. The van der Waals surface area contributed by atoms with Crippen molar-refractivity contribution in [2.75, 3.05) is 11.9 Å². The lowest BCUT2D eigenvalue weighted by Crippen LogP contribution is -2.27. The molecular weight excluding hydrogens is 529 g/mol. The monoisotopic (exact) mass is 551 g/mol. The normalized spacial score (nSPS) is 11.6. The van der Waals surface area contributed by atoms with Crippen molar-refractivity contribution in [1.29, 1.82) is 0 Å². The van der Waals surface area contributed by atoms with E-state index in [9.17, 15) is 19.1 Å². The molecule has 0 aliphatic rings. The number of pyridine rings is 2. The Bertz CT molecular complexity index is 1660. The summed E-state index contributed by atoms with van der Waals surface area (Å²) in [4.78, 5) is 34.3. The average Bonchev–Trinajstić information content (AvgIpc) is 3.34. The van der Waals surface area contributed by atoms with Crippen molar-refractivity contribution in [2.45, 2.75) is 19.4 Å². The van der Waals surface area contributed by atoms with Crippen molar-refractivity contribution < 1.29 is 19.0 Å². The third-order valence-electron chi connectivity index (χ3n) is 5.66. The van der Waals surface area contributed by atoms with Gasteiger partial charge in [0.15, 0.2) is 17.2 Å². The molecule has 0 saturated heterocycles. The number of benzene rings is 1. The third kappa shape index (κ3) is 5.92. The lowest BCUT2D eigenvalue weighted by atomic mass is 10.1. The summed E-state index contributed by atoms with van der Waals surface area (Å²) >= 11 is 0. The predicted octanol–water partition coefficient (Wildman–Crippen LogP) is 3.47. The van der Waals surface area contributed by atoms with Gasteiger partial charge in [0.05, 0.1) is 30.5 Å². The molecule has 4 heterocycles. The van der Waals surface area contributed by atoms with E-state index in [1.165, 1.54) is 42.7 Å². The van der Waals surface area contributed by atoms with Crippen LogP contribution in [0.3, 0.4) is 0 Å². The van der Waals surface area contributed by atoms with Crippen LogP contribution in [0, 0.1) is 5.82 Å². The quantitative estimate of drug-likeness (QED) is 0.234. The number of carbonyl (C=O) groups is 1. The number of halogens is 2. The lowest BCUT2D eigenvalue weighted by molar-refractivity contribution is 0.0990. The Kier molecular flexibility index (Phi) is 8.27. The highest BCUT2D eigenvalue weighted by Crippen LogP contribution is 2.32. The average molecular weight is 552 g/mol. The molecule has 39 heavy (non-hydrogen) atoms. The number of rotatable bonds is 9. The molecule has 0 aliphatic heterocycles. The van der Waals surface area contributed by atoms with E-state index >= 15 is 0 Å². The second-order valence-electron chi connectivity index (χ2n) is 8.46. The van der Waals surface area contributed by atoms with E-state index in [0.717, 1.165) is 4.68 Å². The molecule has 0 amide bonds. The molecular formula is C26H23ClFN7O4. The molecule has 0 saturated carbocycles. The molecule has 0 fully saturated rings. The summed E-state index contributed by atoms with van der Waals surface area (Å²) < 4.78 is 20.3. The van der Waals surface area contributed by atoms with Crippen LogP contribution >= 0.6 is 12.4 Å². The first kappa shape index (κ1) is 27.4. The number of aromatic amines is 1. The first-order chi connectivity index (χ1) is 18.4. The van der Waals surface area contributed by atoms with Crippen LogP contribution in [0.15, 0.2) is 71.9 Å². The zero-order valence-electron chi connectivity index (χ0n) is 20.5. The minimum atomic E-state index is -0.606. The first-order valence-corrected chi connectivity index (χ1v) is 11.6. The van der Waals surface area contributed by atoms with Crippen molar-refractivity contribution in [1.82, 2.24) is 29.9 Å². The maximum absolute atomic E-state index is 13.2. The SMILES string of the molecule is C[C@H](CO)Nc1n[nH]c2nccc(Oc3ccc(CC(=O)c4ccnn(-c5ccc(F)cc5)c4=O)nc3)c12.Cl. The van der Waals surface area contributed by atoms with Gasteiger partial charge >= 0.3 is 0 Å². The van der Waals surface area contributed by atoms with Gasteiger partial charge in [-0.05, 0) is 49.4 Å². The number of ketones is 1. The highest BCUT2D eigenvalue weighted by molar-refractivity contribution is 5.97. The Balaban J connectivity index is 0.00000353. The molecule has 0 spiro atoms. The predicted molar refractivity (Wildman–Crippen MR) is 143 cm³/mol. The molecule has 0 radical (unpaired) electrons. The van der Waals surface area contributed by atoms with Gasteiger partial charge in [-0.1, -0.05) is 0 Å². The number of anilines is 1. The van der Waals surface area contributed by atoms with E-state index in [2.05, 4.69) is 30.6 Å². The van der Waals surface area contributed by atoms with E-state index in [1.54, 1.807) is 24.4 Å². The summed E-state index contributed by atoms with van der Waals surface area (Å²) in [6, 6.07) is 11.3. The third-order valence-corrected chi connectivity index (χ3v) is 5.66. The fraction of sp³-hybridized carbons (Fsp3) is 0.154. The van der Waals surface area contributed by atoms with E-state index in [1.807, 2.05) is 6.92 Å². The van der Waals surface area contributed by atoms with Crippen LogP contribution in [0.25, 0.3) is 16.7 Å². The maximum atomic E-state index is 13.2. The number of carbonyl (C=O) groups excluding carboxylic acids is 1. The minimum absolute atomic E-state index is 0. The van der Waals surface area contributed by atoms with Crippen LogP contribution in [0.5, 0.6) is 11.5 Å². The van der Waals surface area contributed by atoms with Gasteiger partial charge in [0.2, 0.25) is 0 Å². The minimum Gasteiger partial charge on any atom is -0.455 e. The van der Waals surface area contributed by atoms with Crippen LogP contribution in [0.2, 0.25) is 0 Å². The standard InChI is InChI=1S/C26H22FN7O4.ClH/c1-15(14-35)31-25-23-22(9-10-28-24(23)32-33-25)38-19-7-4-17(29-13-19)12-21(36)20-8-11-30-34(26(20)37)18-5-2-16(27)3-6-18;/h2-11,13,15,35H,12,14H2,1H3,(H2,28,31,32,33);1H/t15-;/m1./s1. The van der Waals surface area contributed by atoms with Crippen molar-refractivity contribution in [2.24, 2.45) is 0 Å². The number of aliphatic hydroxyl groups is 1. The van der Waals surface area contributed by atoms with Crippen LogP contribution in [-0.2, 0) is 6.42 Å². The number of aliphatic hydroxyl groups excluding tert-OH is 1. The summed E-state index contributed by atoms with van der Waals surface area (Å²) in [6.07, 6.45) is 4.28. The summed E-state index contributed by atoms with van der Waals surface area (Å²) in [6.45, 7) is 1.74. The van der Waals surface area contributed by atoms with Crippen molar-refractivity contribution >= 4 is 35.0 Å². The molecule has 5 aromatic rings. The van der Waals surface area contributed by atoms with Crippen molar-refractivity contribution in [3.63, 3.8) is 0 Å². The number of nitrogens with zero attached hydrogens (tertiary/aromatic N) is 5. The van der Waals surface area contributed by atoms with Gasteiger partial charge in [-0.25, -0.2) is 9.37 Å². The van der Waals surface area contributed by atoms with Gasteiger partial charge in [-0.2, -0.15) is 14.9 Å². The Hall–Kier alpha value is -4.68. The fourth-order valence-corrected chi connectivity index (χ4v) is 3.74. The number of hydrogen-bond donors (Lipinski definition) is 3. The summed E-state index contributed by atoms with van der Waals surface area (Å²) in [5.41, 5.74) is 0.634. The van der Waals surface area contributed by atoms with Gasteiger partial charge in [0.1, 0.15) is 22.7 Å². The molecule has 13 heteroatoms. The van der Waals surface area contributed by atoms with Gasteiger partial charge in [-0.15, -0.1) is 12.4 Å². The Morgan fingerprint density at radius 3 is 2.64 bits per heavy atom. The lowest BCUT2D eigenvalue weighted by Gasteiger charge is -2.12. The van der Waals surface area contributed by atoms with E-state index in [-0.39, 0.29) is 37.0 Å². The summed E-state index contributed by atoms with van der Waals surface area (Å²) in [5.74, 6) is 0.499. The molecule has 1 atom stereocenters. The van der Waals surface area contributed by atoms with Crippen molar-refractivity contribution in [3.05, 3.63) is 94.5 Å². The van der Waals surface area contributed by atoms with Gasteiger partial charge in [-0.3, -0.25) is 19.7 Å². The van der Waals surface area contributed by atoms with Gasteiger partial charge < -0.3 is 15.2 Å². The van der Waals surface area contributed by atoms with Crippen LogP contribution in [0.4, 0.5) is 10.2 Å². The second kappa shape index (κ2) is 11.8. The smallest absolute Gasteiger partial charge is 0.282 e. The fourth-order valence-electron chi connectivity index (χ4n) is 3.74. The molecule has 0 aliphatic carbocycles. The molecule has 200 valence electrons. The molecule has 0 bridgehead atoms. The molecule has 0 unspecified atom stereocenters. The number of fused-ring (bicyclic) bond motifs is 1. The summed E-state index contributed by atoms with van der Waals surface area (Å²) in [5, 5.41) is 24.1. The van der Waals surface area contributed by atoms with E-state index in [0.29, 0.717) is 39.7 Å². The number of ether oxygens (including phenoxy) is 1. The topological polar surface area (TPSA) is 148 Å². The largest absolute Gasteiger partial charge is 0.455 e. The van der Waals surface area contributed by atoms with Crippen molar-refractivity contribution in [3.8, 4) is 17.2 Å². The Morgan fingerprint density at radius 2 is 1.92 bits per heavy atom.